The summed E-state index contributed by atoms with van der Waals surface area (Å²) in [6.45, 7) is 6.04. The third-order valence-corrected chi connectivity index (χ3v) is 2.85. The average molecular weight is 340 g/mol. The Bertz CT molecular complexity index is 648. The molecule has 8 heteroatoms. The molecule has 0 bridgehead atoms. The minimum Gasteiger partial charge on any atom is -0.463 e. The van der Waals surface area contributed by atoms with Gasteiger partial charge in [0.2, 0.25) is 0 Å². The molecule has 2 heterocycles. The van der Waals surface area contributed by atoms with Crippen LogP contribution in [0.4, 0.5) is 0 Å². The van der Waals surface area contributed by atoms with E-state index in [9.17, 15) is 4.79 Å². The van der Waals surface area contributed by atoms with Crippen LogP contribution in [0.2, 0.25) is 0 Å². The number of methoxy groups -OCH3 is 1. The number of aromatic nitrogens is 5. The van der Waals surface area contributed by atoms with Gasteiger partial charge in [0.1, 0.15) is 16.8 Å². The van der Waals surface area contributed by atoms with Crippen molar-refractivity contribution in [2.75, 3.05) is 7.11 Å². The Hall–Kier alpha value is -1.83. The van der Waals surface area contributed by atoms with Gasteiger partial charge in [-0.15, -0.1) is 5.10 Å². The Morgan fingerprint density at radius 3 is 2.65 bits per heavy atom. The second-order valence-electron chi connectivity index (χ2n) is 5.13. The van der Waals surface area contributed by atoms with Crippen LogP contribution in [-0.2, 0) is 10.2 Å². The molecule has 0 aliphatic rings. The summed E-state index contributed by atoms with van der Waals surface area (Å²) in [5.41, 5.74) is -0.204. The monoisotopic (exact) mass is 339 g/mol. The highest BCUT2D eigenvalue weighted by Gasteiger charge is 2.20. The predicted octanol–water partition coefficient (Wildman–Crippen LogP) is 1.90. The van der Waals surface area contributed by atoms with Crippen molar-refractivity contribution in [3.63, 3.8) is 0 Å². The van der Waals surface area contributed by atoms with Gasteiger partial charge in [0.25, 0.3) is 5.82 Å². The van der Waals surface area contributed by atoms with Crippen LogP contribution in [0.3, 0.4) is 0 Å². The Labute approximate surface area is 124 Å². The SMILES string of the molecule is COC(=O)c1ncn(-c2cc(Br)nc(C(C)(C)C)n2)n1. The van der Waals surface area contributed by atoms with Crippen LogP contribution in [0, 0.1) is 0 Å². The third kappa shape index (κ3) is 3.01. The maximum Gasteiger partial charge on any atom is 0.377 e. The molecule has 0 radical (unpaired) electrons. The van der Waals surface area contributed by atoms with Gasteiger partial charge in [-0.05, 0) is 15.9 Å². The fraction of sp³-hybridized carbons (Fsp3) is 0.417. The number of halogens is 1. The molecule has 0 aromatic carbocycles. The van der Waals surface area contributed by atoms with Crippen LogP contribution in [0.15, 0.2) is 17.0 Å². The van der Waals surface area contributed by atoms with Crippen LogP contribution in [-0.4, -0.2) is 37.8 Å². The minimum atomic E-state index is -0.590. The van der Waals surface area contributed by atoms with Gasteiger partial charge in [-0.3, -0.25) is 0 Å². The van der Waals surface area contributed by atoms with E-state index in [-0.39, 0.29) is 11.2 Å². The molecule has 0 atom stereocenters. The number of carbonyl (C=O) groups is 1. The van der Waals surface area contributed by atoms with E-state index in [1.165, 1.54) is 18.1 Å². The van der Waals surface area contributed by atoms with E-state index in [1.807, 2.05) is 20.8 Å². The lowest BCUT2D eigenvalue weighted by Gasteiger charge is -2.17. The average Bonchev–Trinajstić information content (AvgIpc) is 2.85. The van der Waals surface area contributed by atoms with E-state index in [0.29, 0.717) is 16.2 Å². The van der Waals surface area contributed by atoms with Crippen LogP contribution in [0.5, 0.6) is 0 Å². The minimum absolute atomic E-state index is 0.0143. The first-order valence-electron chi connectivity index (χ1n) is 5.86. The number of hydrogen-bond acceptors (Lipinski definition) is 6. The van der Waals surface area contributed by atoms with Gasteiger partial charge in [0.05, 0.1) is 7.11 Å². The number of carbonyl (C=O) groups excluding carboxylic acids is 1. The fourth-order valence-corrected chi connectivity index (χ4v) is 1.79. The van der Waals surface area contributed by atoms with E-state index in [0.717, 1.165) is 0 Å². The highest BCUT2D eigenvalue weighted by molar-refractivity contribution is 9.10. The molecular formula is C12H14BrN5O2. The van der Waals surface area contributed by atoms with Crippen LogP contribution in [0.25, 0.3) is 5.82 Å². The molecule has 0 fully saturated rings. The van der Waals surface area contributed by atoms with Gasteiger partial charge in [-0.2, -0.15) is 0 Å². The third-order valence-electron chi connectivity index (χ3n) is 2.45. The Morgan fingerprint density at radius 1 is 1.35 bits per heavy atom. The van der Waals surface area contributed by atoms with Crippen LogP contribution >= 0.6 is 15.9 Å². The smallest absolute Gasteiger partial charge is 0.377 e. The summed E-state index contributed by atoms with van der Waals surface area (Å²) >= 11 is 3.35. The molecule has 0 N–H and O–H groups in total. The molecule has 0 aliphatic carbocycles. The maximum atomic E-state index is 11.3. The molecule has 7 nitrogen and oxygen atoms in total. The maximum absolute atomic E-state index is 11.3. The lowest BCUT2D eigenvalue weighted by molar-refractivity contribution is 0.0587. The summed E-state index contributed by atoms with van der Waals surface area (Å²) in [6.07, 6.45) is 1.41. The van der Waals surface area contributed by atoms with E-state index in [2.05, 4.69) is 40.7 Å². The van der Waals surface area contributed by atoms with Gasteiger partial charge in [-0.25, -0.2) is 24.4 Å². The standard InChI is InChI=1S/C12H14BrN5O2/c1-12(2,3)11-15-7(13)5-8(16-11)18-6-14-9(17-18)10(19)20-4/h5-6H,1-4H3. The molecule has 0 unspecified atom stereocenters. The van der Waals surface area contributed by atoms with E-state index in [1.54, 1.807) is 6.07 Å². The summed E-state index contributed by atoms with van der Waals surface area (Å²) in [7, 11) is 1.28. The molecule has 0 saturated carbocycles. The second kappa shape index (κ2) is 5.28. The van der Waals surface area contributed by atoms with Gasteiger partial charge in [-0.1, -0.05) is 20.8 Å². The number of ether oxygens (including phenoxy) is 1. The van der Waals surface area contributed by atoms with E-state index in [4.69, 9.17) is 0 Å². The van der Waals surface area contributed by atoms with Crippen molar-refractivity contribution in [2.24, 2.45) is 0 Å². The first-order chi connectivity index (χ1) is 9.31. The fourth-order valence-electron chi connectivity index (χ4n) is 1.42. The topological polar surface area (TPSA) is 82.8 Å². The van der Waals surface area contributed by atoms with Crippen molar-refractivity contribution in [3.8, 4) is 5.82 Å². The normalized spacial score (nSPS) is 11.4. The highest BCUT2D eigenvalue weighted by Crippen LogP contribution is 2.21. The highest BCUT2D eigenvalue weighted by atomic mass is 79.9. The lowest BCUT2D eigenvalue weighted by Crippen LogP contribution is -2.18. The summed E-state index contributed by atoms with van der Waals surface area (Å²) in [6, 6.07) is 1.70. The molecule has 106 valence electrons. The number of hydrogen-bond donors (Lipinski definition) is 0. The van der Waals surface area contributed by atoms with Crippen molar-refractivity contribution in [1.82, 2.24) is 24.7 Å². The first-order valence-corrected chi connectivity index (χ1v) is 6.66. The molecule has 2 rings (SSSR count). The van der Waals surface area contributed by atoms with Crippen molar-refractivity contribution in [1.29, 1.82) is 0 Å². The van der Waals surface area contributed by atoms with Crippen molar-refractivity contribution >= 4 is 21.9 Å². The molecule has 0 aliphatic heterocycles. The second-order valence-corrected chi connectivity index (χ2v) is 5.94. The lowest BCUT2D eigenvalue weighted by atomic mass is 9.96. The Kier molecular flexibility index (Phi) is 3.85. The van der Waals surface area contributed by atoms with Gasteiger partial charge >= 0.3 is 5.97 Å². The molecule has 0 amide bonds. The van der Waals surface area contributed by atoms with E-state index < -0.39 is 5.97 Å². The molecular weight excluding hydrogens is 326 g/mol. The van der Waals surface area contributed by atoms with Gasteiger partial charge in [0.15, 0.2) is 5.82 Å². The van der Waals surface area contributed by atoms with Gasteiger partial charge in [0, 0.05) is 11.5 Å². The summed E-state index contributed by atoms with van der Waals surface area (Å²) in [5, 5.41) is 4.04. The zero-order valence-electron chi connectivity index (χ0n) is 11.6. The molecule has 2 aromatic rings. The number of rotatable bonds is 2. The van der Waals surface area contributed by atoms with Crippen molar-refractivity contribution in [2.45, 2.75) is 26.2 Å². The van der Waals surface area contributed by atoms with Crippen LogP contribution in [0.1, 0.15) is 37.2 Å². The van der Waals surface area contributed by atoms with Gasteiger partial charge < -0.3 is 4.74 Å². The summed E-state index contributed by atoms with van der Waals surface area (Å²) < 4.78 is 6.62. The first kappa shape index (κ1) is 14.6. The summed E-state index contributed by atoms with van der Waals surface area (Å²) in [4.78, 5) is 24.0. The largest absolute Gasteiger partial charge is 0.463 e. The zero-order chi connectivity index (χ0) is 14.9. The number of esters is 1. The Morgan fingerprint density at radius 2 is 2.05 bits per heavy atom. The predicted molar refractivity (Wildman–Crippen MR) is 74.7 cm³/mol. The van der Waals surface area contributed by atoms with E-state index >= 15 is 0 Å². The molecule has 2 aromatic heterocycles. The molecule has 0 saturated heterocycles. The van der Waals surface area contributed by atoms with Crippen molar-refractivity contribution in [3.05, 3.63) is 28.6 Å². The Balaban J connectivity index is 2.45. The molecule has 20 heavy (non-hydrogen) atoms. The van der Waals surface area contributed by atoms with Crippen molar-refractivity contribution < 1.29 is 9.53 Å². The number of nitrogens with zero attached hydrogens (tertiary/aromatic N) is 5. The molecule has 0 spiro atoms. The zero-order valence-corrected chi connectivity index (χ0v) is 13.2. The van der Waals surface area contributed by atoms with Crippen LogP contribution < -0.4 is 0 Å². The summed E-state index contributed by atoms with van der Waals surface area (Å²) in [5.74, 6) is 0.587. The quantitative estimate of drug-likeness (QED) is 0.613.